The van der Waals surface area contributed by atoms with E-state index in [0.29, 0.717) is 0 Å². The van der Waals surface area contributed by atoms with Crippen molar-refractivity contribution in [1.82, 2.24) is 0 Å². The average molecular weight is 79.7 g/mol. The van der Waals surface area contributed by atoms with Crippen molar-refractivity contribution in [2.24, 2.45) is 0 Å². The molecule has 0 aromatic carbocycles. The van der Waals surface area contributed by atoms with Crippen molar-refractivity contribution in [3.05, 3.63) is 0 Å². The van der Waals surface area contributed by atoms with E-state index >= 15 is 0 Å². The van der Waals surface area contributed by atoms with Gasteiger partial charge in [0, 0.05) is 0 Å². The summed E-state index contributed by atoms with van der Waals surface area (Å²) in [5, 5.41) is 0. The van der Waals surface area contributed by atoms with Crippen LogP contribution in [-0.2, 0) is 0 Å². The van der Waals surface area contributed by atoms with Gasteiger partial charge in [-0.3, -0.25) is 0 Å². The molecule has 0 aromatic rings. The fourth-order valence-electron chi connectivity index (χ4n) is 0.385. The minimum atomic E-state index is 0.718. The molecular weight excluding hydrogens is 69.7 g/mol. The van der Waals surface area contributed by atoms with Crippen molar-refractivity contribution in [2.45, 2.75) is 19.7 Å². The van der Waals surface area contributed by atoms with Crippen LogP contribution in [0.5, 0.6) is 0 Å². The maximum absolute atomic E-state index is 2.17. The van der Waals surface area contributed by atoms with Crippen LogP contribution < -0.4 is 0 Å². The zero-order valence-electron chi connectivity index (χ0n) is 4.73. The van der Waals surface area contributed by atoms with Gasteiger partial charge in [0.15, 0.2) is 0 Å². The molecule has 32 valence electrons. The first-order valence-electron chi connectivity index (χ1n) is 2.40. The Morgan fingerprint density at radius 1 is 1.67 bits per heavy atom. The molecule has 0 unspecified atom stereocenters. The molecule has 0 fully saturated rings. The normalized spacial score (nSPS) is 9.83. The van der Waals surface area contributed by atoms with Crippen LogP contribution in [-0.4, -0.2) is 20.6 Å². The second-order valence-corrected chi connectivity index (χ2v) is 1.77. The van der Waals surface area contributed by atoms with E-state index in [1.54, 1.807) is 0 Å². The van der Waals surface area contributed by atoms with Gasteiger partial charge >= 0.3 is 40.3 Å². The molecular formula is C4H10B2. The molecule has 0 radical (unpaired) electrons. The van der Waals surface area contributed by atoms with E-state index in [4.69, 9.17) is 0 Å². The molecule has 0 N–H and O–H groups in total. The van der Waals surface area contributed by atoms with Crippen molar-refractivity contribution in [3.63, 3.8) is 0 Å². The van der Waals surface area contributed by atoms with Gasteiger partial charge in [-0.05, 0) is 0 Å². The predicted octanol–water partition coefficient (Wildman–Crippen LogP) is -0.0883. The fourth-order valence-corrected chi connectivity index (χ4v) is 0.385. The Morgan fingerprint density at radius 2 is 2.17 bits per heavy atom. The Bertz CT molecular complexity index is 47.5. The molecule has 0 rings (SSSR count). The molecule has 0 heterocycles. The number of rotatable bonds is 1. The Morgan fingerprint density at radius 3 is 2.17 bits per heavy atom. The Kier molecular flexibility index (Phi) is 3.20. The SMILES string of the molecule is BC=BC(C)C. The number of hydrogen-bond acceptors (Lipinski definition) is 0. The van der Waals surface area contributed by atoms with E-state index in [1.807, 2.05) is 7.85 Å². The van der Waals surface area contributed by atoms with Crippen LogP contribution in [0.4, 0.5) is 0 Å². The summed E-state index contributed by atoms with van der Waals surface area (Å²) in [6.07, 6.45) is 0. The molecule has 0 bridgehead atoms. The summed E-state index contributed by atoms with van der Waals surface area (Å²) in [7, 11) is 2.04. The first kappa shape index (κ1) is 6.00. The van der Waals surface area contributed by atoms with Gasteiger partial charge in [0.2, 0.25) is 0 Å². The van der Waals surface area contributed by atoms with Gasteiger partial charge in [0.25, 0.3) is 0 Å². The van der Waals surface area contributed by atoms with Gasteiger partial charge in [-0.25, -0.2) is 0 Å². The Labute approximate surface area is 41.3 Å². The van der Waals surface area contributed by atoms with Crippen molar-refractivity contribution in [2.75, 3.05) is 0 Å². The van der Waals surface area contributed by atoms with Gasteiger partial charge in [-0.2, -0.15) is 0 Å². The van der Waals surface area contributed by atoms with E-state index in [2.05, 4.69) is 26.6 Å². The van der Waals surface area contributed by atoms with Crippen molar-refractivity contribution in [1.29, 1.82) is 0 Å². The molecule has 0 spiro atoms. The van der Waals surface area contributed by atoms with Crippen LogP contribution in [0.3, 0.4) is 0 Å². The molecule has 0 amide bonds. The molecule has 2 heteroatoms. The second-order valence-electron chi connectivity index (χ2n) is 1.77. The van der Waals surface area contributed by atoms with Gasteiger partial charge < -0.3 is 0 Å². The number of hydrogen-bond donors (Lipinski definition) is 0. The van der Waals surface area contributed by atoms with Crippen LogP contribution >= 0.6 is 0 Å². The average Bonchev–Trinajstić information content (AvgIpc) is 1.35. The first-order chi connectivity index (χ1) is 2.77. The molecule has 0 nitrogen and oxygen atoms in total. The van der Waals surface area contributed by atoms with Gasteiger partial charge in [-0.1, -0.05) is 0 Å². The zero-order valence-corrected chi connectivity index (χ0v) is 4.73. The van der Waals surface area contributed by atoms with E-state index < -0.39 is 0 Å². The summed E-state index contributed by atoms with van der Waals surface area (Å²) in [6.45, 7) is 6.50. The molecule has 0 aliphatic carbocycles. The Balaban J connectivity index is 3.03. The van der Waals surface area contributed by atoms with Crippen molar-refractivity contribution >= 4 is 20.6 Å². The standard InChI is InChI=1S/C4H10B2/c1-4(2)6-3-5/h3-4H,5H2,1-2H3. The molecule has 0 atom stereocenters. The van der Waals surface area contributed by atoms with E-state index in [-0.39, 0.29) is 0 Å². The topological polar surface area (TPSA) is 0 Å². The molecule has 0 saturated carbocycles. The van der Waals surface area contributed by atoms with Crippen LogP contribution in [0.2, 0.25) is 5.82 Å². The molecule has 6 heavy (non-hydrogen) atoms. The second kappa shape index (κ2) is 3.20. The Hall–Kier alpha value is -0.000130. The van der Waals surface area contributed by atoms with Crippen LogP contribution in [0.15, 0.2) is 0 Å². The summed E-state index contributed by atoms with van der Waals surface area (Å²) in [5.74, 6) is 2.79. The van der Waals surface area contributed by atoms with Gasteiger partial charge in [-0.15, -0.1) is 0 Å². The third-order valence-electron chi connectivity index (χ3n) is 0.577. The minimum absolute atomic E-state index is 0.718. The summed E-state index contributed by atoms with van der Waals surface area (Å²) in [6, 6.07) is 0. The molecule has 0 aliphatic rings. The van der Waals surface area contributed by atoms with Crippen LogP contribution in [0.1, 0.15) is 13.8 Å². The molecule has 0 saturated heterocycles. The zero-order chi connectivity index (χ0) is 4.99. The maximum atomic E-state index is 2.17. The first-order valence-corrected chi connectivity index (χ1v) is 2.40. The van der Waals surface area contributed by atoms with Gasteiger partial charge in [0.05, 0.1) is 0 Å². The van der Waals surface area contributed by atoms with Crippen molar-refractivity contribution in [3.8, 4) is 0 Å². The summed E-state index contributed by atoms with van der Waals surface area (Å²) < 4.78 is 0. The van der Waals surface area contributed by atoms with E-state index in [1.165, 1.54) is 0 Å². The third kappa shape index (κ3) is 4.00. The summed E-state index contributed by atoms with van der Waals surface area (Å²) in [4.78, 5) is 0. The van der Waals surface area contributed by atoms with Crippen LogP contribution in [0.25, 0.3) is 0 Å². The third-order valence-corrected chi connectivity index (χ3v) is 0.577. The van der Waals surface area contributed by atoms with E-state index in [9.17, 15) is 0 Å². The monoisotopic (exact) mass is 80.1 g/mol. The summed E-state index contributed by atoms with van der Waals surface area (Å²) >= 11 is 0. The summed E-state index contributed by atoms with van der Waals surface area (Å²) in [5.41, 5.74) is 0. The molecule has 0 aromatic heterocycles. The van der Waals surface area contributed by atoms with E-state index in [0.717, 1.165) is 5.82 Å². The predicted molar refractivity (Wildman–Crippen MR) is 35.5 cm³/mol. The molecule has 0 aliphatic heterocycles. The van der Waals surface area contributed by atoms with Crippen molar-refractivity contribution < 1.29 is 0 Å². The van der Waals surface area contributed by atoms with Gasteiger partial charge in [0.1, 0.15) is 0 Å². The van der Waals surface area contributed by atoms with Crippen LogP contribution in [0, 0.1) is 0 Å². The fraction of sp³-hybridized carbons (Fsp3) is 0.750. The quantitative estimate of drug-likeness (QED) is 0.386.